The number of benzene rings is 1. The minimum absolute atomic E-state index is 0.392. The van der Waals surface area contributed by atoms with Gasteiger partial charge in [-0.05, 0) is 24.8 Å². The highest BCUT2D eigenvalue weighted by molar-refractivity contribution is 5.65. The van der Waals surface area contributed by atoms with Crippen molar-refractivity contribution < 1.29 is 9.90 Å². The Bertz CT molecular complexity index is 449. The SMILES string of the molecule is O=C(O)N1CCC2CCC(C1)N2Cc1ccccc1. The molecule has 2 unspecified atom stereocenters. The lowest BCUT2D eigenvalue weighted by molar-refractivity contribution is 0.135. The summed E-state index contributed by atoms with van der Waals surface area (Å²) in [6.07, 6.45) is 2.54. The fraction of sp³-hybridized carbons (Fsp3) is 0.533. The predicted molar refractivity (Wildman–Crippen MR) is 73.0 cm³/mol. The maximum absolute atomic E-state index is 11.2. The van der Waals surface area contributed by atoms with Crippen molar-refractivity contribution in [2.75, 3.05) is 13.1 Å². The van der Waals surface area contributed by atoms with Gasteiger partial charge < -0.3 is 10.0 Å². The molecule has 1 aromatic rings. The largest absolute Gasteiger partial charge is 0.465 e. The summed E-state index contributed by atoms with van der Waals surface area (Å²) >= 11 is 0. The highest BCUT2D eigenvalue weighted by Gasteiger charge is 2.38. The first-order chi connectivity index (χ1) is 9.24. The van der Waals surface area contributed by atoms with Crippen LogP contribution >= 0.6 is 0 Å². The van der Waals surface area contributed by atoms with E-state index in [0.717, 1.165) is 19.4 Å². The topological polar surface area (TPSA) is 43.8 Å². The average molecular weight is 260 g/mol. The second kappa shape index (κ2) is 5.21. The van der Waals surface area contributed by atoms with Crippen LogP contribution in [0.4, 0.5) is 4.79 Å². The highest BCUT2D eigenvalue weighted by Crippen LogP contribution is 2.31. The van der Waals surface area contributed by atoms with Crippen LogP contribution in [0.5, 0.6) is 0 Å². The van der Waals surface area contributed by atoms with Gasteiger partial charge in [0.15, 0.2) is 0 Å². The average Bonchev–Trinajstić information content (AvgIpc) is 2.65. The molecule has 0 radical (unpaired) electrons. The number of rotatable bonds is 2. The van der Waals surface area contributed by atoms with Crippen LogP contribution in [0.2, 0.25) is 0 Å². The standard InChI is InChI=1S/C15H20N2O2/c18-15(19)16-9-8-13-6-7-14(11-16)17(13)10-12-4-2-1-3-5-12/h1-5,13-14H,6-11H2,(H,18,19). The fourth-order valence-electron chi connectivity index (χ4n) is 3.40. The van der Waals surface area contributed by atoms with Crippen LogP contribution in [0.15, 0.2) is 30.3 Å². The predicted octanol–water partition coefficient (Wildman–Crippen LogP) is 2.40. The molecule has 0 aromatic heterocycles. The van der Waals surface area contributed by atoms with E-state index in [1.54, 1.807) is 4.90 Å². The second-order valence-electron chi connectivity index (χ2n) is 5.56. The Kier molecular flexibility index (Phi) is 3.42. The van der Waals surface area contributed by atoms with Gasteiger partial charge in [0, 0.05) is 31.7 Å². The molecule has 19 heavy (non-hydrogen) atoms. The van der Waals surface area contributed by atoms with Gasteiger partial charge in [-0.25, -0.2) is 4.79 Å². The monoisotopic (exact) mass is 260 g/mol. The van der Waals surface area contributed by atoms with Crippen molar-refractivity contribution in [1.29, 1.82) is 0 Å². The van der Waals surface area contributed by atoms with Crippen molar-refractivity contribution in [3.05, 3.63) is 35.9 Å². The van der Waals surface area contributed by atoms with Gasteiger partial charge >= 0.3 is 6.09 Å². The molecule has 2 aliphatic heterocycles. The summed E-state index contributed by atoms with van der Waals surface area (Å²) in [6.45, 7) is 2.30. The molecule has 2 bridgehead atoms. The Morgan fingerprint density at radius 3 is 2.63 bits per heavy atom. The van der Waals surface area contributed by atoms with E-state index in [-0.39, 0.29) is 0 Å². The van der Waals surface area contributed by atoms with Gasteiger partial charge in [0.2, 0.25) is 0 Å². The van der Waals surface area contributed by atoms with Crippen LogP contribution < -0.4 is 0 Å². The molecule has 2 fully saturated rings. The molecule has 102 valence electrons. The summed E-state index contributed by atoms with van der Waals surface area (Å²) < 4.78 is 0. The minimum Gasteiger partial charge on any atom is -0.465 e. The first kappa shape index (κ1) is 12.5. The summed E-state index contributed by atoms with van der Waals surface area (Å²) in [5, 5.41) is 9.17. The van der Waals surface area contributed by atoms with Crippen molar-refractivity contribution in [2.45, 2.75) is 37.9 Å². The summed E-state index contributed by atoms with van der Waals surface area (Å²) in [5.74, 6) is 0. The molecule has 0 spiro atoms. The third-order valence-corrected chi connectivity index (χ3v) is 4.41. The lowest BCUT2D eigenvalue weighted by atomic mass is 10.1. The maximum atomic E-state index is 11.2. The number of hydrogen-bond donors (Lipinski definition) is 1. The van der Waals surface area contributed by atoms with Crippen molar-refractivity contribution in [2.24, 2.45) is 0 Å². The van der Waals surface area contributed by atoms with Gasteiger partial charge in [-0.2, -0.15) is 0 Å². The number of carbonyl (C=O) groups is 1. The number of fused-ring (bicyclic) bond motifs is 2. The second-order valence-corrected chi connectivity index (χ2v) is 5.56. The molecule has 3 rings (SSSR count). The van der Waals surface area contributed by atoms with E-state index in [1.807, 2.05) is 6.07 Å². The van der Waals surface area contributed by atoms with Gasteiger partial charge in [0.25, 0.3) is 0 Å². The van der Waals surface area contributed by atoms with E-state index in [4.69, 9.17) is 0 Å². The van der Waals surface area contributed by atoms with E-state index in [1.165, 1.54) is 12.0 Å². The first-order valence-corrected chi connectivity index (χ1v) is 7.01. The molecule has 1 aromatic carbocycles. The van der Waals surface area contributed by atoms with E-state index in [9.17, 15) is 9.90 Å². The Morgan fingerprint density at radius 1 is 1.16 bits per heavy atom. The Balaban J connectivity index is 1.73. The van der Waals surface area contributed by atoms with Crippen molar-refractivity contribution in [1.82, 2.24) is 9.80 Å². The number of likely N-dealkylation sites (tertiary alicyclic amines) is 1. The van der Waals surface area contributed by atoms with Gasteiger partial charge in [0.1, 0.15) is 0 Å². The summed E-state index contributed by atoms with van der Waals surface area (Å²) in [7, 11) is 0. The van der Waals surface area contributed by atoms with Crippen LogP contribution in [0.25, 0.3) is 0 Å². The molecule has 4 nitrogen and oxygen atoms in total. The van der Waals surface area contributed by atoms with Gasteiger partial charge in [-0.3, -0.25) is 4.90 Å². The quantitative estimate of drug-likeness (QED) is 0.888. The molecule has 2 atom stereocenters. The maximum Gasteiger partial charge on any atom is 0.407 e. The number of nitrogens with zero attached hydrogens (tertiary/aromatic N) is 2. The minimum atomic E-state index is -0.771. The molecule has 2 saturated heterocycles. The van der Waals surface area contributed by atoms with Crippen molar-refractivity contribution >= 4 is 6.09 Å². The normalized spacial score (nSPS) is 27.3. The van der Waals surface area contributed by atoms with E-state index < -0.39 is 6.09 Å². The molecule has 4 heteroatoms. The van der Waals surface area contributed by atoms with Crippen molar-refractivity contribution in [3.8, 4) is 0 Å². The Labute approximate surface area is 113 Å². The van der Waals surface area contributed by atoms with Crippen LogP contribution in [-0.4, -0.2) is 46.2 Å². The van der Waals surface area contributed by atoms with E-state index >= 15 is 0 Å². The number of carboxylic acid groups (broad SMARTS) is 1. The molecule has 0 saturated carbocycles. The van der Waals surface area contributed by atoms with E-state index in [2.05, 4.69) is 29.2 Å². The van der Waals surface area contributed by atoms with Crippen LogP contribution in [0.1, 0.15) is 24.8 Å². The zero-order valence-corrected chi connectivity index (χ0v) is 11.0. The van der Waals surface area contributed by atoms with Gasteiger partial charge in [-0.1, -0.05) is 30.3 Å². The number of amides is 1. The molecular formula is C15H20N2O2. The zero-order chi connectivity index (χ0) is 13.2. The number of hydrogen-bond acceptors (Lipinski definition) is 2. The fourth-order valence-corrected chi connectivity index (χ4v) is 3.40. The van der Waals surface area contributed by atoms with Crippen LogP contribution in [0.3, 0.4) is 0 Å². The summed E-state index contributed by atoms with van der Waals surface area (Å²) in [4.78, 5) is 15.3. The summed E-state index contributed by atoms with van der Waals surface area (Å²) in [6, 6.07) is 11.4. The Morgan fingerprint density at radius 2 is 1.89 bits per heavy atom. The molecule has 2 aliphatic rings. The van der Waals surface area contributed by atoms with Crippen LogP contribution in [0, 0.1) is 0 Å². The first-order valence-electron chi connectivity index (χ1n) is 7.01. The molecule has 1 amide bonds. The van der Waals surface area contributed by atoms with Gasteiger partial charge in [0.05, 0.1) is 0 Å². The lowest BCUT2D eigenvalue weighted by Crippen LogP contribution is -2.40. The highest BCUT2D eigenvalue weighted by atomic mass is 16.4. The third-order valence-electron chi connectivity index (χ3n) is 4.41. The lowest BCUT2D eigenvalue weighted by Gasteiger charge is -2.28. The molecule has 0 aliphatic carbocycles. The van der Waals surface area contributed by atoms with Crippen LogP contribution in [-0.2, 0) is 6.54 Å². The molecule has 1 N–H and O–H groups in total. The Hall–Kier alpha value is -1.55. The van der Waals surface area contributed by atoms with Gasteiger partial charge in [-0.15, -0.1) is 0 Å². The third kappa shape index (κ3) is 2.59. The van der Waals surface area contributed by atoms with Crippen molar-refractivity contribution in [3.63, 3.8) is 0 Å². The zero-order valence-electron chi connectivity index (χ0n) is 11.0. The summed E-state index contributed by atoms with van der Waals surface area (Å²) in [5.41, 5.74) is 1.32. The smallest absolute Gasteiger partial charge is 0.407 e. The molecule has 2 heterocycles. The van der Waals surface area contributed by atoms with E-state index in [0.29, 0.717) is 25.2 Å². The molecular weight excluding hydrogens is 240 g/mol.